The number of hydrogen-bond donors (Lipinski definition) is 1. The van der Waals surface area contributed by atoms with Crippen molar-refractivity contribution >= 4 is 7.60 Å². The van der Waals surface area contributed by atoms with E-state index in [4.69, 9.17) is 9.05 Å². The molecule has 14 heavy (non-hydrogen) atoms. The van der Waals surface area contributed by atoms with Crippen LogP contribution in [0.25, 0.3) is 0 Å². The third kappa shape index (κ3) is 6.55. The van der Waals surface area contributed by atoms with Gasteiger partial charge in [-0.3, -0.25) is 4.57 Å². The first kappa shape index (κ1) is 14.1. The molecule has 0 saturated heterocycles. The Labute approximate surface area is 86.9 Å². The van der Waals surface area contributed by atoms with Crippen molar-refractivity contribution in [1.82, 2.24) is 0 Å². The highest BCUT2D eigenvalue weighted by Crippen LogP contribution is 2.45. The van der Waals surface area contributed by atoms with Crippen LogP contribution in [0, 0.1) is 0 Å². The minimum absolute atomic E-state index is 0.439. The predicted molar refractivity (Wildman–Crippen MR) is 57.4 cm³/mol. The number of nitrogens with two attached hydrogens (primary N) is 1. The van der Waals surface area contributed by atoms with Gasteiger partial charge in [0.2, 0.25) is 0 Å². The van der Waals surface area contributed by atoms with E-state index in [1.807, 2.05) is 19.2 Å². The van der Waals surface area contributed by atoms with Gasteiger partial charge in [0.15, 0.2) is 6.29 Å². The van der Waals surface area contributed by atoms with Gasteiger partial charge >= 0.3 is 7.60 Å². The van der Waals surface area contributed by atoms with Gasteiger partial charge in [0.1, 0.15) is 0 Å². The van der Waals surface area contributed by atoms with Gasteiger partial charge in [0, 0.05) is 0 Å². The molecule has 0 aromatic carbocycles. The van der Waals surface area contributed by atoms with Crippen molar-refractivity contribution in [2.75, 3.05) is 26.0 Å². The van der Waals surface area contributed by atoms with Crippen molar-refractivity contribution in [1.29, 1.82) is 0 Å². The summed E-state index contributed by atoms with van der Waals surface area (Å²) in [4.78, 5) is 0. The first-order chi connectivity index (χ1) is 6.68. The van der Waals surface area contributed by atoms with Gasteiger partial charge in [-0.15, -0.1) is 0 Å². The van der Waals surface area contributed by atoms with Crippen LogP contribution in [0.3, 0.4) is 0 Å². The van der Waals surface area contributed by atoms with Gasteiger partial charge in [-0.05, 0) is 20.3 Å². The first-order valence-corrected chi connectivity index (χ1v) is 7.11. The summed E-state index contributed by atoms with van der Waals surface area (Å²) in [6.45, 7) is 7.67. The summed E-state index contributed by atoms with van der Waals surface area (Å²) >= 11 is 0. The summed E-state index contributed by atoms with van der Waals surface area (Å²) in [5, 5.41) is 2.01. The molecule has 5 heteroatoms. The molecule has 0 atom stereocenters. The van der Waals surface area contributed by atoms with Crippen LogP contribution in [0.1, 0.15) is 33.6 Å². The van der Waals surface area contributed by atoms with Gasteiger partial charge in [0.25, 0.3) is 0 Å². The molecule has 0 aliphatic heterocycles. The van der Waals surface area contributed by atoms with Gasteiger partial charge < -0.3 is 14.4 Å². The minimum Gasteiger partial charge on any atom is -0.336 e. The fraction of sp³-hybridized carbons (Fsp3) is 1.00. The molecule has 0 saturated carbocycles. The lowest BCUT2D eigenvalue weighted by Crippen LogP contribution is -2.84. The van der Waals surface area contributed by atoms with E-state index in [1.54, 1.807) is 0 Å². The zero-order chi connectivity index (χ0) is 10.9. The molecule has 86 valence electrons. The summed E-state index contributed by atoms with van der Waals surface area (Å²) in [6.07, 6.45) is 2.73. The van der Waals surface area contributed by atoms with Crippen molar-refractivity contribution in [2.24, 2.45) is 0 Å². The molecule has 0 aliphatic carbocycles. The second kappa shape index (κ2) is 8.42. The van der Waals surface area contributed by atoms with Crippen LogP contribution in [0.2, 0.25) is 0 Å². The Bertz CT molecular complexity index is 165. The molecule has 4 nitrogen and oxygen atoms in total. The van der Waals surface area contributed by atoms with E-state index in [-0.39, 0.29) is 0 Å². The van der Waals surface area contributed by atoms with Crippen LogP contribution in [0.4, 0.5) is 0 Å². The van der Waals surface area contributed by atoms with Crippen molar-refractivity contribution in [3.63, 3.8) is 0 Å². The van der Waals surface area contributed by atoms with E-state index in [9.17, 15) is 4.57 Å². The summed E-state index contributed by atoms with van der Waals surface area (Å²) in [7, 11) is -2.82. The van der Waals surface area contributed by atoms with E-state index >= 15 is 0 Å². The van der Waals surface area contributed by atoms with Crippen LogP contribution in [0.15, 0.2) is 0 Å². The van der Waals surface area contributed by atoms with E-state index in [0.717, 1.165) is 19.4 Å². The number of quaternary nitrogens is 1. The molecule has 0 radical (unpaired) electrons. The largest absolute Gasteiger partial charge is 0.384 e. The maximum Gasteiger partial charge on any atom is 0.384 e. The zero-order valence-corrected chi connectivity index (χ0v) is 10.4. The Hall–Kier alpha value is 0.110. The van der Waals surface area contributed by atoms with Gasteiger partial charge in [-0.1, -0.05) is 13.3 Å². The Kier molecular flexibility index (Phi) is 8.49. The Morgan fingerprint density at radius 1 is 1.14 bits per heavy atom. The van der Waals surface area contributed by atoms with Gasteiger partial charge in [-0.2, -0.15) is 0 Å². The molecule has 0 aromatic heterocycles. The van der Waals surface area contributed by atoms with Crippen molar-refractivity contribution in [3.8, 4) is 0 Å². The molecule has 0 aromatic rings. The molecule has 0 bridgehead atoms. The molecule has 0 spiro atoms. The van der Waals surface area contributed by atoms with Crippen LogP contribution in [-0.4, -0.2) is 26.0 Å². The number of rotatable bonds is 9. The van der Waals surface area contributed by atoms with Crippen molar-refractivity contribution < 1.29 is 18.9 Å². The third-order valence-corrected chi connectivity index (χ3v) is 3.77. The maximum atomic E-state index is 11.9. The molecule has 0 aliphatic rings. The quantitative estimate of drug-likeness (QED) is 0.478. The Balaban J connectivity index is 3.78. The lowest BCUT2D eigenvalue weighted by molar-refractivity contribution is -0.640. The standard InChI is InChI=1S/C9H22NO3P/c1-4-7-8-10-9-14(11,12-5-2)13-6-3/h10H,4-9H2,1-3H3/p+1. The highest BCUT2D eigenvalue weighted by atomic mass is 31.2. The normalized spacial score (nSPS) is 11.9. The predicted octanol–water partition coefficient (Wildman–Crippen LogP) is 1.57. The van der Waals surface area contributed by atoms with Crippen LogP contribution >= 0.6 is 7.60 Å². The lowest BCUT2D eigenvalue weighted by atomic mass is 10.3. The third-order valence-electron chi connectivity index (χ3n) is 1.77. The first-order valence-electron chi connectivity index (χ1n) is 5.38. The second-order valence-electron chi connectivity index (χ2n) is 3.06. The van der Waals surface area contributed by atoms with Crippen molar-refractivity contribution in [3.05, 3.63) is 0 Å². The van der Waals surface area contributed by atoms with Crippen LogP contribution in [-0.2, 0) is 13.6 Å². The van der Waals surface area contributed by atoms with E-state index in [1.165, 1.54) is 0 Å². The number of hydrogen-bond acceptors (Lipinski definition) is 3. The van der Waals surface area contributed by atoms with E-state index in [2.05, 4.69) is 6.92 Å². The maximum absolute atomic E-state index is 11.9. The minimum atomic E-state index is -2.82. The summed E-state index contributed by atoms with van der Waals surface area (Å²) in [5.74, 6) is 0. The Morgan fingerprint density at radius 2 is 1.71 bits per heavy atom. The highest BCUT2D eigenvalue weighted by Gasteiger charge is 2.25. The molecular formula is C9H23NO3P+. The molecule has 0 rings (SSSR count). The molecule has 0 unspecified atom stereocenters. The summed E-state index contributed by atoms with van der Waals surface area (Å²) < 4.78 is 22.2. The average Bonchev–Trinajstić information content (AvgIpc) is 2.13. The SMILES string of the molecule is CCCC[NH2+]CP(=O)(OCC)OCC. The average molecular weight is 224 g/mol. The highest BCUT2D eigenvalue weighted by molar-refractivity contribution is 7.53. The molecule has 0 fully saturated rings. The fourth-order valence-electron chi connectivity index (χ4n) is 1.13. The molecular weight excluding hydrogens is 201 g/mol. The lowest BCUT2D eigenvalue weighted by Gasteiger charge is -2.14. The van der Waals surface area contributed by atoms with Crippen LogP contribution < -0.4 is 5.32 Å². The Morgan fingerprint density at radius 3 is 2.14 bits per heavy atom. The van der Waals surface area contributed by atoms with Crippen molar-refractivity contribution in [2.45, 2.75) is 33.6 Å². The molecule has 0 amide bonds. The number of unbranched alkanes of at least 4 members (excludes halogenated alkanes) is 1. The second-order valence-corrected chi connectivity index (χ2v) is 5.16. The van der Waals surface area contributed by atoms with Gasteiger partial charge in [-0.25, -0.2) is 0 Å². The monoisotopic (exact) mass is 224 g/mol. The van der Waals surface area contributed by atoms with E-state index < -0.39 is 7.60 Å². The van der Waals surface area contributed by atoms with Crippen LogP contribution in [0.5, 0.6) is 0 Å². The van der Waals surface area contributed by atoms with Gasteiger partial charge in [0.05, 0.1) is 19.8 Å². The van der Waals surface area contributed by atoms with E-state index in [0.29, 0.717) is 19.5 Å². The summed E-state index contributed by atoms with van der Waals surface area (Å²) in [5.41, 5.74) is 0. The molecule has 2 N–H and O–H groups in total. The molecule has 0 heterocycles. The smallest absolute Gasteiger partial charge is 0.336 e. The zero-order valence-electron chi connectivity index (χ0n) is 9.49. The summed E-state index contributed by atoms with van der Waals surface area (Å²) in [6, 6.07) is 0. The topological polar surface area (TPSA) is 52.1 Å². The fourth-order valence-corrected chi connectivity index (χ4v) is 2.70.